The van der Waals surface area contributed by atoms with E-state index in [4.69, 9.17) is 23.2 Å². The Labute approximate surface area is 252 Å². The highest BCUT2D eigenvalue weighted by Crippen LogP contribution is 2.29. The van der Waals surface area contributed by atoms with Crippen LogP contribution < -0.4 is 4.90 Å². The highest BCUT2D eigenvalue weighted by atomic mass is 35.5. The smallest absolute Gasteiger partial charge is 0.253 e. The summed E-state index contributed by atoms with van der Waals surface area (Å²) < 4.78 is 0. The molecule has 41 heavy (non-hydrogen) atoms. The van der Waals surface area contributed by atoms with Gasteiger partial charge in [0, 0.05) is 38.9 Å². The fraction of sp³-hybridized carbons (Fsp3) is 0.344. The van der Waals surface area contributed by atoms with E-state index < -0.39 is 0 Å². The first-order chi connectivity index (χ1) is 19.7. The van der Waals surface area contributed by atoms with Gasteiger partial charge in [-0.2, -0.15) is 5.26 Å². The van der Waals surface area contributed by atoms with E-state index in [9.17, 15) is 14.9 Å². The average Bonchev–Trinajstić information content (AvgIpc) is 3.50. The molecule has 1 aliphatic heterocycles. The van der Waals surface area contributed by atoms with E-state index in [0.29, 0.717) is 21.3 Å². The number of benzene rings is 3. The lowest BCUT2D eigenvalue weighted by atomic mass is 9.98. The lowest BCUT2D eigenvalue weighted by Gasteiger charge is -2.34. The quantitative estimate of drug-likeness (QED) is 0.271. The maximum atomic E-state index is 13.6. The minimum Gasteiger partial charge on any atom is -0.349 e. The van der Waals surface area contributed by atoms with Crippen LogP contribution in [0.3, 0.4) is 0 Å². The van der Waals surface area contributed by atoms with Crippen molar-refractivity contribution in [2.45, 2.75) is 18.9 Å². The van der Waals surface area contributed by atoms with Gasteiger partial charge in [0.1, 0.15) is 6.54 Å². The van der Waals surface area contributed by atoms with Gasteiger partial charge in [-0.05, 0) is 73.0 Å². The zero-order valence-corrected chi connectivity index (χ0v) is 25.2. The van der Waals surface area contributed by atoms with Crippen molar-refractivity contribution in [3.63, 3.8) is 0 Å². The van der Waals surface area contributed by atoms with Crippen molar-refractivity contribution in [1.82, 2.24) is 14.7 Å². The summed E-state index contributed by atoms with van der Waals surface area (Å²) in [5, 5.41) is 10.2. The highest BCUT2D eigenvalue weighted by molar-refractivity contribution is 6.42. The molecule has 214 valence electrons. The Balaban J connectivity index is 1.57. The number of carbonyl (C=O) groups is 2. The first kappa shape index (κ1) is 30.4. The van der Waals surface area contributed by atoms with Gasteiger partial charge in [0.15, 0.2) is 0 Å². The van der Waals surface area contributed by atoms with Crippen molar-refractivity contribution >= 4 is 40.7 Å². The summed E-state index contributed by atoms with van der Waals surface area (Å²) in [5.41, 5.74) is 4.28. The number of likely N-dealkylation sites (tertiary alicyclic amines) is 1. The first-order valence-electron chi connectivity index (χ1n) is 13.6. The number of nitrogens with zero attached hydrogens (tertiary/aromatic N) is 5. The van der Waals surface area contributed by atoms with Crippen LogP contribution in [0.15, 0.2) is 66.7 Å². The number of hydrogen-bond acceptors (Lipinski definition) is 5. The molecule has 0 aliphatic carbocycles. The van der Waals surface area contributed by atoms with Crippen molar-refractivity contribution < 1.29 is 9.59 Å². The maximum absolute atomic E-state index is 13.6. The van der Waals surface area contributed by atoms with Crippen LogP contribution >= 0.6 is 23.2 Å². The van der Waals surface area contributed by atoms with Crippen molar-refractivity contribution in [2.24, 2.45) is 0 Å². The largest absolute Gasteiger partial charge is 0.349 e. The number of rotatable bonds is 10. The van der Waals surface area contributed by atoms with Crippen molar-refractivity contribution in [3.05, 3.63) is 87.9 Å². The Bertz CT molecular complexity index is 1410. The van der Waals surface area contributed by atoms with Crippen molar-refractivity contribution in [3.8, 4) is 17.2 Å². The molecule has 1 unspecified atom stereocenters. The molecule has 1 fully saturated rings. The van der Waals surface area contributed by atoms with E-state index in [-0.39, 0.29) is 30.9 Å². The van der Waals surface area contributed by atoms with E-state index in [1.165, 1.54) is 0 Å². The normalized spacial score (nSPS) is 13.9. The Morgan fingerprint density at radius 3 is 2.27 bits per heavy atom. The van der Waals surface area contributed by atoms with Crippen molar-refractivity contribution in [1.29, 1.82) is 5.26 Å². The molecule has 0 radical (unpaired) electrons. The third-order valence-corrected chi connectivity index (χ3v) is 8.23. The molecule has 0 saturated carbocycles. The van der Waals surface area contributed by atoms with Gasteiger partial charge in [0.25, 0.3) is 5.91 Å². The van der Waals surface area contributed by atoms with Crippen LogP contribution in [0.4, 0.5) is 5.69 Å². The van der Waals surface area contributed by atoms with Crippen LogP contribution in [0.1, 0.15) is 34.8 Å². The van der Waals surface area contributed by atoms with E-state index >= 15 is 0 Å². The van der Waals surface area contributed by atoms with Crippen LogP contribution in [0, 0.1) is 11.3 Å². The summed E-state index contributed by atoms with van der Waals surface area (Å²) in [5.74, 6) is -0.143. The molecule has 0 bridgehead atoms. The van der Waals surface area contributed by atoms with E-state index in [0.717, 1.165) is 49.2 Å². The zero-order valence-electron chi connectivity index (χ0n) is 23.7. The summed E-state index contributed by atoms with van der Waals surface area (Å²) in [6.07, 6.45) is 2.30. The second-order valence-corrected chi connectivity index (χ2v) is 11.4. The molecule has 4 rings (SSSR count). The summed E-state index contributed by atoms with van der Waals surface area (Å²) in [4.78, 5) is 33.6. The number of nitriles is 1. The molecule has 2 amide bonds. The summed E-state index contributed by atoms with van der Waals surface area (Å²) in [6.45, 7) is 2.81. The Morgan fingerprint density at radius 1 is 0.927 bits per heavy atom. The summed E-state index contributed by atoms with van der Waals surface area (Å²) in [7, 11) is 5.31. The second-order valence-electron chi connectivity index (χ2n) is 10.5. The topological polar surface area (TPSA) is 70.9 Å². The van der Waals surface area contributed by atoms with Crippen LogP contribution in [-0.2, 0) is 4.79 Å². The Morgan fingerprint density at radius 2 is 1.63 bits per heavy atom. The van der Waals surface area contributed by atoms with Crippen molar-refractivity contribution in [2.75, 3.05) is 58.8 Å². The first-order valence-corrected chi connectivity index (χ1v) is 14.4. The van der Waals surface area contributed by atoms with Crippen LogP contribution in [0.5, 0.6) is 0 Å². The molecule has 3 aromatic carbocycles. The number of anilines is 1. The molecule has 0 N–H and O–H groups in total. The van der Waals surface area contributed by atoms with Gasteiger partial charge in [0.2, 0.25) is 5.91 Å². The number of likely N-dealkylation sites (N-methyl/N-ethyl adjacent to an activating group) is 1. The standard InChI is InChI=1S/C32H35Cl2N5O2/c1-36(2)32(41)26-8-6-7-25(19-26)23-9-11-24(12-10-23)30(21-38-16-4-5-17-38)37(3)31(40)22-39(18-15-35)27-13-14-28(33)29(34)20-27/h6-14,19-20,30H,4-5,16-18,21-22H2,1-3H3. The molecule has 1 atom stereocenters. The van der Waals surface area contributed by atoms with Gasteiger partial charge in [-0.3, -0.25) is 9.59 Å². The molecule has 7 nitrogen and oxygen atoms in total. The fourth-order valence-electron chi connectivity index (χ4n) is 5.10. The maximum Gasteiger partial charge on any atom is 0.253 e. The Kier molecular flexibility index (Phi) is 10.3. The minimum atomic E-state index is -0.172. The zero-order chi connectivity index (χ0) is 29.5. The third-order valence-electron chi connectivity index (χ3n) is 7.49. The number of halogens is 2. The number of hydrogen-bond donors (Lipinski definition) is 0. The predicted octanol–water partition coefficient (Wildman–Crippen LogP) is 5.99. The molecular formula is C32H35Cl2N5O2. The molecule has 1 aliphatic rings. The van der Waals surface area contributed by atoms with Gasteiger partial charge >= 0.3 is 0 Å². The van der Waals surface area contributed by atoms with Gasteiger partial charge < -0.3 is 19.6 Å². The van der Waals surface area contributed by atoms with Gasteiger partial charge in [-0.15, -0.1) is 0 Å². The molecule has 9 heteroatoms. The summed E-state index contributed by atoms with van der Waals surface area (Å²) >= 11 is 12.3. The SMILES string of the molecule is CN(C)C(=O)c1cccc(-c2ccc(C(CN3CCCC3)N(C)C(=O)CN(CC#N)c3ccc(Cl)c(Cl)c3)cc2)c1. The second kappa shape index (κ2) is 13.9. The average molecular weight is 593 g/mol. The number of carbonyl (C=O) groups excluding carboxylic acids is 2. The molecule has 0 aromatic heterocycles. The van der Waals surface area contributed by atoms with E-state index in [1.807, 2.05) is 43.4 Å². The van der Waals surface area contributed by atoms with Crippen LogP contribution in [0.2, 0.25) is 10.0 Å². The molecular weight excluding hydrogens is 557 g/mol. The van der Waals surface area contributed by atoms with E-state index in [1.54, 1.807) is 47.0 Å². The Hall–Kier alpha value is -3.57. The van der Waals surface area contributed by atoms with Gasteiger partial charge in [-0.1, -0.05) is 59.6 Å². The summed E-state index contributed by atoms with van der Waals surface area (Å²) in [6, 6.07) is 22.9. The van der Waals surface area contributed by atoms with E-state index in [2.05, 4.69) is 23.1 Å². The lowest BCUT2D eigenvalue weighted by Crippen LogP contribution is -2.43. The van der Waals surface area contributed by atoms with Gasteiger partial charge in [-0.25, -0.2) is 0 Å². The minimum absolute atomic E-state index is 0.0311. The molecule has 1 heterocycles. The monoisotopic (exact) mass is 591 g/mol. The van der Waals surface area contributed by atoms with Gasteiger partial charge in [0.05, 0.1) is 28.7 Å². The lowest BCUT2D eigenvalue weighted by molar-refractivity contribution is -0.131. The third kappa shape index (κ3) is 7.59. The fourth-order valence-corrected chi connectivity index (χ4v) is 5.40. The molecule has 0 spiro atoms. The molecule has 3 aromatic rings. The predicted molar refractivity (Wildman–Crippen MR) is 165 cm³/mol. The number of amides is 2. The molecule has 1 saturated heterocycles. The van der Waals surface area contributed by atoms with Crippen LogP contribution in [0.25, 0.3) is 11.1 Å². The highest BCUT2D eigenvalue weighted by Gasteiger charge is 2.27. The van der Waals surface area contributed by atoms with Crippen LogP contribution in [-0.4, -0.2) is 80.4 Å².